The molecule has 0 aromatic carbocycles. The van der Waals surface area contributed by atoms with E-state index in [2.05, 4.69) is 9.36 Å². The van der Waals surface area contributed by atoms with Crippen molar-refractivity contribution < 1.29 is 4.79 Å². The molecule has 88 valence electrons. The average molecular weight is 257 g/mol. The molecule has 0 aliphatic carbocycles. The summed E-state index contributed by atoms with van der Waals surface area (Å²) < 4.78 is 4.12. The molecule has 6 heteroatoms. The molecule has 1 amide bonds. The van der Waals surface area contributed by atoms with Gasteiger partial charge in [-0.3, -0.25) is 4.79 Å². The van der Waals surface area contributed by atoms with Crippen molar-refractivity contribution in [3.63, 3.8) is 0 Å². The van der Waals surface area contributed by atoms with Crippen LogP contribution in [-0.4, -0.2) is 32.6 Å². The first-order valence-electron chi connectivity index (χ1n) is 5.53. The van der Waals surface area contributed by atoms with Gasteiger partial charge in [-0.1, -0.05) is 12.8 Å². The maximum Gasteiger partial charge on any atom is 0.289 e. The first kappa shape index (κ1) is 11.9. The second kappa shape index (κ2) is 5.63. The Morgan fingerprint density at radius 2 is 2.00 bits per heavy atom. The number of thioether (sulfide) groups is 1. The molecule has 0 unspecified atom stereocenters. The quantitative estimate of drug-likeness (QED) is 0.726. The second-order valence-electron chi connectivity index (χ2n) is 3.87. The van der Waals surface area contributed by atoms with E-state index in [1.807, 2.05) is 11.8 Å². The van der Waals surface area contributed by atoms with Gasteiger partial charge >= 0.3 is 0 Å². The van der Waals surface area contributed by atoms with E-state index < -0.39 is 0 Å². The van der Waals surface area contributed by atoms with Gasteiger partial charge in [0.05, 0.1) is 0 Å². The Morgan fingerprint density at radius 1 is 1.31 bits per heavy atom. The molecular weight excluding hydrogens is 242 g/mol. The third-order valence-corrected chi connectivity index (χ3v) is 4.09. The summed E-state index contributed by atoms with van der Waals surface area (Å²) in [6.45, 7) is 3.67. The summed E-state index contributed by atoms with van der Waals surface area (Å²) in [6.07, 6.45) is 4.72. The van der Waals surface area contributed by atoms with Crippen LogP contribution in [0.4, 0.5) is 4.79 Å². The number of hydrogen-bond donors (Lipinski definition) is 0. The number of likely N-dealkylation sites (tertiary alicyclic amines) is 1. The van der Waals surface area contributed by atoms with Gasteiger partial charge in [0.2, 0.25) is 5.16 Å². The lowest BCUT2D eigenvalue weighted by atomic mass is 10.2. The Morgan fingerprint density at radius 3 is 2.56 bits per heavy atom. The molecule has 0 spiro atoms. The van der Waals surface area contributed by atoms with Gasteiger partial charge in [-0.05, 0) is 31.3 Å². The molecule has 1 fully saturated rings. The van der Waals surface area contributed by atoms with Gasteiger partial charge in [-0.25, -0.2) is 4.98 Å². The van der Waals surface area contributed by atoms with E-state index >= 15 is 0 Å². The normalized spacial score (nSPS) is 17.2. The van der Waals surface area contributed by atoms with Crippen molar-refractivity contribution in [1.82, 2.24) is 14.3 Å². The molecule has 1 saturated heterocycles. The molecule has 1 aliphatic rings. The van der Waals surface area contributed by atoms with Crippen molar-refractivity contribution >= 4 is 28.5 Å². The molecule has 0 atom stereocenters. The molecule has 0 bridgehead atoms. The van der Waals surface area contributed by atoms with Crippen LogP contribution >= 0.6 is 23.3 Å². The predicted molar refractivity (Wildman–Crippen MR) is 65.9 cm³/mol. The lowest BCUT2D eigenvalue weighted by molar-refractivity contribution is 0.225. The largest absolute Gasteiger partial charge is 0.333 e. The van der Waals surface area contributed by atoms with E-state index in [0.717, 1.165) is 42.7 Å². The number of rotatable bonds is 1. The van der Waals surface area contributed by atoms with Gasteiger partial charge < -0.3 is 4.90 Å². The minimum Gasteiger partial charge on any atom is -0.333 e. The number of amides is 1. The lowest BCUT2D eigenvalue weighted by Crippen LogP contribution is -2.28. The van der Waals surface area contributed by atoms with Crippen LogP contribution in [0.25, 0.3) is 0 Å². The summed E-state index contributed by atoms with van der Waals surface area (Å²) in [5, 5.41) is 1.60. The first-order valence-corrected chi connectivity index (χ1v) is 7.12. The van der Waals surface area contributed by atoms with Crippen molar-refractivity contribution in [3.8, 4) is 0 Å². The molecule has 0 saturated carbocycles. The van der Waals surface area contributed by atoms with Crippen LogP contribution in [0.15, 0.2) is 5.16 Å². The molecule has 0 radical (unpaired) electrons. The molecular formula is C10H15N3OS2. The van der Waals surface area contributed by atoms with Crippen LogP contribution < -0.4 is 0 Å². The molecule has 4 nitrogen and oxygen atoms in total. The van der Waals surface area contributed by atoms with Crippen molar-refractivity contribution in [3.05, 3.63) is 5.01 Å². The Balaban J connectivity index is 1.91. The van der Waals surface area contributed by atoms with Gasteiger partial charge in [0.15, 0.2) is 0 Å². The van der Waals surface area contributed by atoms with Gasteiger partial charge in [0.25, 0.3) is 5.24 Å². The maximum atomic E-state index is 11.9. The van der Waals surface area contributed by atoms with Gasteiger partial charge in [-0.2, -0.15) is 4.37 Å². The molecule has 1 aromatic heterocycles. The van der Waals surface area contributed by atoms with E-state index in [1.165, 1.54) is 24.4 Å². The number of aryl methyl sites for hydroxylation is 1. The Bertz CT molecular complexity index is 359. The highest BCUT2D eigenvalue weighted by atomic mass is 32.2. The zero-order valence-corrected chi connectivity index (χ0v) is 10.9. The fraction of sp³-hybridized carbons (Fsp3) is 0.700. The third-order valence-electron chi connectivity index (χ3n) is 2.55. The molecule has 1 aromatic rings. The van der Waals surface area contributed by atoms with Crippen molar-refractivity contribution in [2.45, 2.75) is 37.8 Å². The third kappa shape index (κ3) is 3.18. The van der Waals surface area contributed by atoms with Gasteiger partial charge in [0.1, 0.15) is 5.01 Å². The minimum absolute atomic E-state index is 0.0969. The zero-order valence-electron chi connectivity index (χ0n) is 9.31. The fourth-order valence-electron chi connectivity index (χ4n) is 1.72. The van der Waals surface area contributed by atoms with Crippen molar-refractivity contribution in [2.24, 2.45) is 0 Å². The Hall–Kier alpha value is -0.620. The number of carbonyl (C=O) groups excluding carboxylic acids is 1. The van der Waals surface area contributed by atoms with E-state index in [1.54, 1.807) is 0 Å². The summed E-state index contributed by atoms with van der Waals surface area (Å²) in [5.74, 6) is 0. The van der Waals surface area contributed by atoms with Crippen molar-refractivity contribution in [1.29, 1.82) is 0 Å². The van der Waals surface area contributed by atoms with E-state index in [-0.39, 0.29) is 5.24 Å². The molecule has 1 aliphatic heterocycles. The van der Waals surface area contributed by atoms with Crippen LogP contribution in [0.5, 0.6) is 0 Å². The van der Waals surface area contributed by atoms with E-state index in [9.17, 15) is 4.79 Å². The van der Waals surface area contributed by atoms with Gasteiger partial charge in [0, 0.05) is 24.9 Å². The van der Waals surface area contributed by atoms with Crippen LogP contribution in [0.2, 0.25) is 0 Å². The van der Waals surface area contributed by atoms with E-state index in [0.29, 0.717) is 5.16 Å². The standard InChI is InChI=1S/C10H15N3OS2/c1-8-11-9(12-16-8)15-10(14)13-6-4-2-3-5-7-13/h2-7H2,1H3. The SMILES string of the molecule is Cc1nc(SC(=O)N2CCCCCC2)ns1. The molecule has 16 heavy (non-hydrogen) atoms. The highest BCUT2D eigenvalue weighted by Gasteiger charge is 2.18. The highest BCUT2D eigenvalue weighted by molar-refractivity contribution is 8.13. The van der Waals surface area contributed by atoms with Crippen LogP contribution in [0.3, 0.4) is 0 Å². The van der Waals surface area contributed by atoms with Gasteiger partial charge in [-0.15, -0.1) is 0 Å². The number of aromatic nitrogens is 2. The summed E-state index contributed by atoms with van der Waals surface area (Å²) in [7, 11) is 0. The number of hydrogen-bond acceptors (Lipinski definition) is 5. The molecule has 2 heterocycles. The summed E-state index contributed by atoms with van der Waals surface area (Å²) in [6, 6.07) is 0. The topological polar surface area (TPSA) is 46.1 Å². The number of carbonyl (C=O) groups is 1. The zero-order chi connectivity index (χ0) is 11.4. The second-order valence-corrected chi connectivity index (χ2v) is 5.74. The van der Waals surface area contributed by atoms with Crippen LogP contribution in [-0.2, 0) is 0 Å². The maximum absolute atomic E-state index is 11.9. The molecule has 2 rings (SSSR count). The number of nitrogens with zero attached hydrogens (tertiary/aromatic N) is 3. The summed E-state index contributed by atoms with van der Waals surface area (Å²) >= 11 is 2.50. The summed E-state index contributed by atoms with van der Waals surface area (Å²) in [4.78, 5) is 18.1. The Kier molecular flexibility index (Phi) is 4.17. The highest BCUT2D eigenvalue weighted by Crippen LogP contribution is 2.22. The first-order chi connectivity index (χ1) is 7.75. The Labute approximate surface area is 104 Å². The lowest BCUT2D eigenvalue weighted by Gasteiger charge is -2.18. The van der Waals surface area contributed by atoms with E-state index in [4.69, 9.17) is 0 Å². The summed E-state index contributed by atoms with van der Waals surface area (Å²) in [5.41, 5.74) is 0. The minimum atomic E-state index is 0.0969. The van der Waals surface area contributed by atoms with Crippen molar-refractivity contribution in [2.75, 3.05) is 13.1 Å². The van der Waals surface area contributed by atoms with Crippen LogP contribution in [0.1, 0.15) is 30.7 Å². The van der Waals surface area contributed by atoms with Crippen LogP contribution in [0, 0.1) is 6.92 Å². The average Bonchev–Trinajstić information content (AvgIpc) is 2.56. The smallest absolute Gasteiger partial charge is 0.289 e. The fourth-order valence-corrected chi connectivity index (χ4v) is 3.07. The monoisotopic (exact) mass is 257 g/mol. The predicted octanol–water partition coefficient (Wildman–Crippen LogP) is 2.93. The molecule has 0 N–H and O–H groups in total.